The Morgan fingerprint density at radius 3 is 2.96 bits per heavy atom. The van der Waals surface area contributed by atoms with Crippen molar-refractivity contribution >= 4 is 63.2 Å². The van der Waals surface area contributed by atoms with Crippen LogP contribution in [-0.4, -0.2) is 40.0 Å². The number of carbonyl (C=O) groups excluding carboxylic acids is 2. The molecule has 2 amide bonds. The Labute approximate surface area is 176 Å². The standard InChI is InChI=1S/C18H19Cl2N3O2S2/c1-11(27-15-9-13(19)4-5-14(15)20)17(25)23-7-2-3-12(10-23)16(24)22-18-21-6-8-26-18/h4-6,8-9,11-12H,2-3,7,10H2,1H3,(H,21,22,24). The zero-order chi connectivity index (χ0) is 19.4. The van der Waals surface area contributed by atoms with Crippen LogP contribution in [0.5, 0.6) is 0 Å². The monoisotopic (exact) mass is 443 g/mol. The van der Waals surface area contributed by atoms with Crippen LogP contribution in [-0.2, 0) is 9.59 Å². The maximum atomic E-state index is 12.9. The zero-order valence-corrected chi connectivity index (χ0v) is 17.8. The normalized spacial score (nSPS) is 18.2. The lowest BCUT2D eigenvalue weighted by Gasteiger charge is -2.33. The number of amides is 2. The fourth-order valence-electron chi connectivity index (χ4n) is 2.95. The molecule has 1 aromatic heterocycles. The number of likely N-dealkylation sites (tertiary alicyclic amines) is 1. The SMILES string of the molecule is CC(Sc1cc(Cl)ccc1Cl)C(=O)N1CCCC(C(=O)Nc2nccs2)C1. The van der Waals surface area contributed by atoms with E-state index < -0.39 is 0 Å². The maximum absolute atomic E-state index is 12.9. The van der Waals surface area contributed by atoms with E-state index in [4.69, 9.17) is 23.2 Å². The van der Waals surface area contributed by atoms with E-state index in [9.17, 15) is 9.59 Å². The van der Waals surface area contributed by atoms with Crippen molar-refractivity contribution in [2.24, 2.45) is 5.92 Å². The van der Waals surface area contributed by atoms with Gasteiger partial charge in [0.25, 0.3) is 0 Å². The number of carbonyl (C=O) groups is 2. The first-order chi connectivity index (χ1) is 12.9. The lowest BCUT2D eigenvalue weighted by Crippen LogP contribution is -2.46. The van der Waals surface area contributed by atoms with Gasteiger partial charge in [-0.3, -0.25) is 9.59 Å². The fraction of sp³-hybridized carbons (Fsp3) is 0.389. The molecule has 1 N–H and O–H groups in total. The van der Waals surface area contributed by atoms with Crippen LogP contribution in [0.15, 0.2) is 34.7 Å². The summed E-state index contributed by atoms with van der Waals surface area (Å²) in [7, 11) is 0. The van der Waals surface area contributed by atoms with Crippen molar-refractivity contribution in [1.82, 2.24) is 9.88 Å². The molecule has 0 spiro atoms. The number of aromatic nitrogens is 1. The lowest BCUT2D eigenvalue weighted by molar-refractivity contribution is -0.133. The molecule has 27 heavy (non-hydrogen) atoms. The highest BCUT2D eigenvalue weighted by Gasteiger charge is 2.31. The molecule has 3 rings (SSSR count). The number of thioether (sulfide) groups is 1. The summed E-state index contributed by atoms with van der Waals surface area (Å²) in [4.78, 5) is 32.0. The highest BCUT2D eigenvalue weighted by Crippen LogP contribution is 2.33. The smallest absolute Gasteiger partial charge is 0.235 e. The molecular weight excluding hydrogens is 425 g/mol. The Balaban J connectivity index is 1.60. The van der Waals surface area contributed by atoms with Crippen molar-refractivity contribution in [3.05, 3.63) is 39.8 Å². The van der Waals surface area contributed by atoms with Gasteiger partial charge in [-0.25, -0.2) is 4.98 Å². The zero-order valence-electron chi connectivity index (χ0n) is 14.7. The molecular formula is C18H19Cl2N3O2S2. The number of thiazole rings is 1. The number of halogens is 2. The van der Waals surface area contributed by atoms with Crippen LogP contribution in [0, 0.1) is 5.92 Å². The number of rotatable bonds is 5. The fourth-order valence-corrected chi connectivity index (χ4v) is 4.98. The van der Waals surface area contributed by atoms with Gasteiger partial charge in [0.1, 0.15) is 0 Å². The molecule has 2 atom stereocenters. The quantitative estimate of drug-likeness (QED) is 0.673. The van der Waals surface area contributed by atoms with Crippen LogP contribution in [0.1, 0.15) is 19.8 Å². The van der Waals surface area contributed by atoms with Gasteiger partial charge < -0.3 is 10.2 Å². The van der Waals surface area contributed by atoms with Gasteiger partial charge in [0.05, 0.1) is 16.2 Å². The molecule has 1 aliphatic rings. The van der Waals surface area contributed by atoms with Crippen LogP contribution in [0.25, 0.3) is 0 Å². The summed E-state index contributed by atoms with van der Waals surface area (Å²) in [5, 5.41) is 6.06. The Bertz CT molecular complexity index is 817. The molecule has 0 saturated carbocycles. The molecule has 2 unspecified atom stereocenters. The third kappa shape index (κ3) is 5.38. The Hall–Kier alpha value is -1.28. The Morgan fingerprint density at radius 1 is 1.41 bits per heavy atom. The van der Waals surface area contributed by atoms with Crippen LogP contribution < -0.4 is 5.32 Å². The van der Waals surface area contributed by atoms with Crippen molar-refractivity contribution < 1.29 is 9.59 Å². The van der Waals surface area contributed by atoms with Crippen LogP contribution in [0.2, 0.25) is 10.0 Å². The summed E-state index contributed by atoms with van der Waals surface area (Å²) < 4.78 is 0. The van der Waals surface area contributed by atoms with Gasteiger partial charge in [-0.1, -0.05) is 23.2 Å². The van der Waals surface area contributed by atoms with Crippen molar-refractivity contribution in [1.29, 1.82) is 0 Å². The minimum atomic E-state index is -0.318. The number of benzene rings is 1. The summed E-state index contributed by atoms with van der Waals surface area (Å²) in [5.41, 5.74) is 0. The first kappa shape index (κ1) is 20.5. The van der Waals surface area contributed by atoms with Gasteiger partial charge in [0, 0.05) is 34.6 Å². The Kier molecular flexibility index (Phi) is 7.03. The minimum absolute atomic E-state index is 0.00258. The van der Waals surface area contributed by atoms with Gasteiger partial charge in [0.15, 0.2) is 5.13 Å². The summed E-state index contributed by atoms with van der Waals surface area (Å²) in [6.45, 7) is 2.93. The average molecular weight is 444 g/mol. The molecule has 5 nitrogen and oxygen atoms in total. The van der Waals surface area contributed by atoms with Gasteiger partial charge in [-0.05, 0) is 38.0 Å². The van der Waals surface area contributed by atoms with Gasteiger partial charge >= 0.3 is 0 Å². The molecule has 2 aromatic rings. The highest BCUT2D eigenvalue weighted by atomic mass is 35.5. The van der Waals surface area contributed by atoms with E-state index in [1.807, 2.05) is 12.3 Å². The number of nitrogens with zero attached hydrogens (tertiary/aromatic N) is 2. The van der Waals surface area contributed by atoms with E-state index in [1.165, 1.54) is 23.1 Å². The molecule has 0 radical (unpaired) electrons. The molecule has 0 aliphatic carbocycles. The van der Waals surface area contributed by atoms with Crippen LogP contribution >= 0.6 is 46.3 Å². The van der Waals surface area contributed by atoms with E-state index >= 15 is 0 Å². The topological polar surface area (TPSA) is 62.3 Å². The summed E-state index contributed by atoms with van der Waals surface area (Å²) in [5.74, 6) is -0.304. The second-order valence-corrected chi connectivity index (χ2v) is 9.41. The number of anilines is 1. The van der Waals surface area contributed by atoms with Crippen molar-refractivity contribution in [3.8, 4) is 0 Å². The van der Waals surface area contributed by atoms with Gasteiger partial charge in [-0.2, -0.15) is 0 Å². The summed E-state index contributed by atoms with van der Waals surface area (Å²) in [6.07, 6.45) is 3.22. The number of hydrogen-bond acceptors (Lipinski definition) is 5. The van der Waals surface area contributed by atoms with Crippen molar-refractivity contribution in [2.45, 2.75) is 29.9 Å². The van der Waals surface area contributed by atoms with Crippen LogP contribution in [0.3, 0.4) is 0 Å². The maximum Gasteiger partial charge on any atom is 0.235 e. The largest absolute Gasteiger partial charge is 0.341 e. The molecule has 1 fully saturated rings. The van der Waals surface area contributed by atoms with E-state index in [0.29, 0.717) is 28.3 Å². The number of nitrogens with one attached hydrogen (secondary N) is 1. The van der Waals surface area contributed by atoms with E-state index in [0.717, 1.165) is 17.7 Å². The first-order valence-corrected chi connectivity index (χ1v) is 11.1. The molecule has 144 valence electrons. The van der Waals surface area contributed by atoms with Crippen molar-refractivity contribution in [3.63, 3.8) is 0 Å². The predicted octanol–water partition coefficient (Wildman–Crippen LogP) is 4.81. The lowest BCUT2D eigenvalue weighted by atomic mass is 9.97. The molecule has 1 aliphatic heterocycles. The molecule has 9 heteroatoms. The second-order valence-electron chi connectivity index (χ2n) is 6.28. The highest BCUT2D eigenvalue weighted by molar-refractivity contribution is 8.00. The summed E-state index contributed by atoms with van der Waals surface area (Å²) in [6, 6.07) is 5.21. The first-order valence-electron chi connectivity index (χ1n) is 8.55. The third-order valence-electron chi connectivity index (χ3n) is 4.31. The van der Waals surface area contributed by atoms with E-state index in [1.54, 1.807) is 29.3 Å². The molecule has 0 bridgehead atoms. The summed E-state index contributed by atoms with van der Waals surface area (Å²) >= 11 is 15.0. The average Bonchev–Trinajstić information content (AvgIpc) is 3.17. The second kappa shape index (κ2) is 9.28. The van der Waals surface area contributed by atoms with Gasteiger partial charge in [-0.15, -0.1) is 23.1 Å². The molecule has 1 saturated heterocycles. The third-order valence-corrected chi connectivity index (χ3v) is 6.82. The van der Waals surface area contributed by atoms with E-state index in [2.05, 4.69) is 10.3 Å². The Morgan fingerprint density at radius 2 is 2.22 bits per heavy atom. The molecule has 2 heterocycles. The van der Waals surface area contributed by atoms with Crippen molar-refractivity contribution in [2.75, 3.05) is 18.4 Å². The van der Waals surface area contributed by atoms with Crippen LogP contribution in [0.4, 0.5) is 5.13 Å². The molecule has 1 aromatic carbocycles. The number of piperidine rings is 1. The van der Waals surface area contributed by atoms with Gasteiger partial charge in [0.2, 0.25) is 11.8 Å². The predicted molar refractivity (Wildman–Crippen MR) is 112 cm³/mol. The minimum Gasteiger partial charge on any atom is -0.341 e. The van der Waals surface area contributed by atoms with E-state index in [-0.39, 0.29) is 23.0 Å². The number of hydrogen-bond donors (Lipinski definition) is 1.